The molecule has 20 heavy (non-hydrogen) atoms. The van der Waals surface area contributed by atoms with Crippen LogP contribution < -0.4 is 10.0 Å². The maximum Gasteiger partial charge on any atom is 0.240 e. The Bertz CT molecular complexity index is 550. The third kappa shape index (κ3) is 3.28. The van der Waals surface area contributed by atoms with Crippen LogP contribution in [0.3, 0.4) is 0 Å². The number of anilines is 1. The Morgan fingerprint density at radius 2 is 2.20 bits per heavy atom. The van der Waals surface area contributed by atoms with Gasteiger partial charge in [-0.3, -0.25) is 0 Å². The highest BCUT2D eigenvalue weighted by Gasteiger charge is 2.38. The summed E-state index contributed by atoms with van der Waals surface area (Å²) in [6.07, 6.45) is 4.35. The predicted molar refractivity (Wildman–Crippen MR) is 77.2 cm³/mol. The topological polar surface area (TPSA) is 80.3 Å². The first-order valence-corrected chi connectivity index (χ1v) is 8.24. The van der Waals surface area contributed by atoms with Gasteiger partial charge in [0.05, 0.1) is 10.5 Å². The molecule has 0 atom stereocenters. The summed E-state index contributed by atoms with van der Waals surface area (Å²) in [7, 11) is -1.90. The quantitative estimate of drug-likeness (QED) is 0.794. The molecule has 0 aromatic carbocycles. The van der Waals surface area contributed by atoms with E-state index in [2.05, 4.69) is 15.0 Å². The zero-order chi connectivity index (χ0) is 14.6. The van der Waals surface area contributed by atoms with E-state index in [9.17, 15) is 8.42 Å². The molecule has 0 bridgehead atoms. The van der Waals surface area contributed by atoms with Gasteiger partial charge >= 0.3 is 0 Å². The lowest BCUT2D eigenvalue weighted by molar-refractivity contribution is -0.0659. The van der Waals surface area contributed by atoms with Gasteiger partial charge in [0.1, 0.15) is 5.82 Å². The lowest BCUT2D eigenvalue weighted by Crippen LogP contribution is -2.49. The Labute approximate surface area is 120 Å². The van der Waals surface area contributed by atoms with Gasteiger partial charge in [-0.2, -0.15) is 0 Å². The monoisotopic (exact) mass is 299 g/mol. The van der Waals surface area contributed by atoms with E-state index in [1.165, 1.54) is 18.3 Å². The fourth-order valence-corrected chi connectivity index (χ4v) is 3.32. The van der Waals surface area contributed by atoms with Crippen molar-refractivity contribution in [1.82, 2.24) is 9.71 Å². The van der Waals surface area contributed by atoms with Crippen molar-refractivity contribution in [2.45, 2.75) is 36.7 Å². The van der Waals surface area contributed by atoms with Crippen LogP contribution in [-0.2, 0) is 14.8 Å². The molecule has 0 saturated heterocycles. The highest BCUT2D eigenvalue weighted by molar-refractivity contribution is 7.89. The molecule has 0 unspecified atom stereocenters. The van der Waals surface area contributed by atoms with Crippen molar-refractivity contribution in [3.05, 3.63) is 18.3 Å². The number of hydrogen-bond donors (Lipinski definition) is 2. The number of ether oxygens (including phenoxy) is 1. The van der Waals surface area contributed by atoms with Gasteiger partial charge in [-0.15, -0.1) is 0 Å². The standard InChI is InChI=1S/C13H21N3O3S/c1-3-14-12-9-11(5-8-15-12)20(17,18)16-10-13(19-2)6-4-7-13/h5,8-9,16H,3-4,6-7,10H2,1-2H3,(H,14,15). The maximum atomic E-state index is 12.3. The fraction of sp³-hybridized carbons (Fsp3) is 0.615. The van der Waals surface area contributed by atoms with Gasteiger partial charge in [-0.1, -0.05) is 0 Å². The molecular weight excluding hydrogens is 278 g/mol. The van der Waals surface area contributed by atoms with Crippen molar-refractivity contribution in [2.24, 2.45) is 0 Å². The zero-order valence-electron chi connectivity index (χ0n) is 11.8. The van der Waals surface area contributed by atoms with Gasteiger partial charge in [0.2, 0.25) is 10.0 Å². The van der Waals surface area contributed by atoms with E-state index in [-0.39, 0.29) is 10.5 Å². The molecule has 1 fully saturated rings. The molecule has 1 aromatic rings. The largest absolute Gasteiger partial charge is 0.377 e. The van der Waals surface area contributed by atoms with Crippen LogP contribution in [-0.4, -0.2) is 39.2 Å². The van der Waals surface area contributed by atoms with E-state index in [1.54, 1.807) is 7.11 Å². The minimum absolute atomic E-state index is 0.217. The molecule has 0 spiro atoms. The van der Waals surface area contributed by atoms with Gasteiger partial charge in [-0.05, 0) is 32.3 Å². The van der Waals surface area contributed by atoms with E-state index in [1.807, 2.05) is 6.92 Å². The van der Waals surface area contributed by atoms with E-state index in [0.717, 1.165) is 19.3 Å². The van der Waals surface area contributed by atoms with Gasteiger partial charge in [0.15, 0.2) is 0 Å². The third-order valence-electron chi connectivity index (χ3n) is 3.68. The third-order valence-corrected chi connectivity index (χ3v) is 5.08. The number of sulfonamides is 1. The zero-order valence-corrected chi connectivity index (χ0v) is 12.7. The van der Waals surface area contributed by atoms with Crippen molar-refractivity contribution in [3.63, 3.8) is 0 Å². The lowest BCUT2D eigenvalue weighted by atomic mass is 9.80. The lowest BCUT2D eigenvalue weighted by Gasteiger charge is -2.40. The number of methoxy groups -OCH3 is 1. The Hall–Kier alpha value is -1.18. The minimum atomic E-state index is -3.53. The first kappa shape index (κ1) is 15.2. The van der Waals surface area contributed by atoms with Crippen LogP contribution in [0.4, 0.5) is 5.82 Å². The summed E-state index contributed by atoms with van der Waals surface area (Å²) in [6, 6.07) is 3.02. The fourth-order valence-electron chi connectivity index (χ4n) is 2.19. The van der Waals surface area contributed by atoms with Crippen LogP contribution in [0.1, 0.15) is 26.2 Å². The summed E-state index contributed by atoms with van der Waals surface area (Å²) in [4.78, 5) is 4.28. The Balaban J connectivity index is 2.08. The maximum absolute atomic E-state index is 12.3. The van der Waals surface area contributed by atoms with Crippen molar-refractivity contribution in [2.75, 3.05) is 25.5 Å². The summed E-state index contributed by atoms with van der Waals surface area (Å²) in [5.41, 5.74) is -0.329. The number of nitrogens with one attached hydrogen (secondary N) is 2. The second-order valence-electron chi connectivity index (χ2n) is 4.97. The minimum Gasteiger partial charge on any atom is -0.377 e. The SMILES string of the molecule is CCNc1cc(S(=O)(=O)NCC2(OC)CCC2)ccn1. The molecule has 0 amide bonds. The van der Waals surface area contributed by atoms with Crippen LogP contribution in [0, 0.1) is 0 Å². The van der Waals surface area contributed by atoms with Crippen molar-refractivity contribution >= 4 is 15.8 Å². The Morgan fingerprint density at radius 1 is 1.45 bits per heavy atom. The molecule has 0 radical (unpaired) electrons. The van der Waals surface area contributed by atoms with Gasteiger partial charge in [0.25, 0.3) is 0 Å². The Morgan fingerprint density at radius 3 is 2.75 bits per heavy atom. The van der Waals surface area contributed by atoms with Crippen LogP contribution in [0.15, 0.2) is 23.2 Å². The first-order chi connectivity index (χ1) is 9.51. The van der Waals surface area contributed by atoms with Crippen molar-refractivity contribution < 1.29 is 13.2 Å². The first-order valence-electron chi connectivity index (χ1n) is 6.76. The molecule has 1 aliphatic carbocycles. The Kier molecular flexibility index (Phi) is 4.62. The molecule has 6 nitrogen and oxygen atoms in total. The van der Waals surface area contributed by atoms with E-state index in [0.29, 0.717) is 18.9 Å². The second kappa shape index (κ2) is 6.07. The number of nitrogens with zero attached hydrogens (tertiary/aromatic N) is 1. The van der Waals surface area contributed by atoms with Crippen LogP contribution in [0.2, 0.25) is 0 Å². The highest BCUT2D eigenvalue weighted by Crippen LogP contribution is 2.34. The molecule has 7 heteroatoms. The van der Waals surface area contributed by atoms with E-state index >= 15 is 0 Å². The van der Waals surface area contributed by atoms with Gasteiger partial charge in [0, 0.05) is 32.5 Å². The van der Waals surface area contributed by atoms with E-state index < -0.39 is 10.0 Å². The second-order valence-corrected chi connectivity index (χ2v) is 6.74. The summed E-state index contributed by atoms with van der Waals surface area (Å²) >= 11 is 0. The summed E-state index contributed by atoms with van der Waals surface area (Å²) in [5.74, 6) is 0.556. The molecule has 0 aliphatic heterocycles. The molecule has 112 valence electrons. The van der Waals surface area contributed by atoms with Crippen LogP contribution in [0.5, 0.6) is 0 Å². The predicted octanol–water partition coefficient (Wildman–Crippen LogP) is 1.36. The highest BCUT2D eigenvalue weighted by atomic mass is 32.2. The van der Waals surface area contributed by atoms with Crippen molar-refractivity contribution in [1.29, 1.82) is 0 Å². The van der Waals surface area contributed by atoms with Crippen LogP contribution in [0.25, 0.3) is 0 Å². The number of rotatable bonds is 7. The molecule has 2 rings (SSSR count). The summed E-state index contributed by atoms with van der Waals surface area (Å²) < 4.78 is 32.6. The summed E-state index contributed by atoms with van der Waals surface area (Å²) in [6.45, 7) is 2.93. The smallest absolute Gasteiger partial charge is 0.240 e. The summed E-state index contributed by atoms with van der Waals surface area (Å²) in [5, 5.41) is 3.00. The molecular formula is C13H21N3O3S. The number of aromatic nitrogens is 1. The normalized spacial score (nSPS) is 17.5. The molecule has 2 N–H and O–H groups in total. The molecule has 1 saturated carbocycles. The average Bonchev–Trinajstić information content (AvgIpc) is 2.39. The van der Waals surface area contributed by atoms with Crippen molar-refractivity contribution in [3.8, 4) is 0 Å². The van der Waals surface area contributed by atoms with Crippen LogP contribution >= 0.6 is 0 Å². The molecule has 1 aromatic heterocycles. The number of hydrogen-bond acceptors (Lipinski definition) is 5. The van der Waals surface area contributed by atoms with Gasteiger partial charge in [-0.25, -0.2) is 18.1 Å². The molecule has 1 aliphatic rings. The van der Waals surface area contributed by atoms with E-state index in [4.69, 9.17) is 4.74 Å². The number of pyridine rings is 1. The van der Waals surface area contributed by atoms with Gasteiger partial charge < -0.3 is 10.1 Å². The molecule has 1 heterocycles. The average molecular weight is 299 g/mol.